The largest absolute Gasteiger partial charge is 0.335 e. The van der Waals surface area contributed by atoms with Crippen LogP contribution in [-0.2, 0) is 0 Å². The smallest absolute Gasteiger partial charge is 0.0780 e. The monoisotopic (exact) mass is 202 g/mol. The molecule has 0 saturated carbocycles. The number of nitrogens with zero attached hydrogens (tertiary/aromatic N) is 1. The number of nitrogens with one attached hydrogen (secondary N) is 1. The van der Waals surface area contributed by atoms with Crippen LogP contribution >= 0.6 is 0 Å². The van der Waals surface area contributed by atoms with Crippen molar-refractivity contribution in [3.63, 3.8) is 0 Å². The fourth-order valence-electron chi connectivity index (χ4n) is 1.74. The minimum atomic E-state index is 1.11. The molecule has 0 radical (unpaired) electrons. The van der Waals surface area contributed by atoms with Crippen LogP contribution in [0, 0.1) is 0 Å². The molecule has 0 atom stereocenters. The maximum absolute atomic E-state index is 2.28. The van der Waals surface area contributed by atoms with Gasteiger partial charge in [-0.3, -0.25) is 0 Å². The predicted octanol–water partition coefficient (Wildman–Crippen LogP) is 0.788. The van der Waals surface area contributed by atoms with E-state index < -0.39 is 0 Å². The lowest BCUT2D eigenvalue weighted by Gasteiger charge is -2.23. The van der Waals surface area contributed by atoms with Crippen LogP contribution in [0.15, 0.2) is 0 Å². The van der Waals surface area contributed by atoms with E-state index in [2.05, 4.69) is 35.0 Å². The lowest BCUT2D eigenvalue weighted by Crippen LogP contribution is -3.11. The lowest BCUT2D eigenvalue weighted by molar-refractivity contribution is -0.896. The molecule has 0 aromatic rings. The second-order valence-corrected chi connectivity index (χ2v) is 5.28. The summed E-state index contributed by atoms with van der Waals surface area (Å²) in [4.78, 5) is 1.75. The van der Waals surface area contributed by atoms with Gasteiger partial charge in [0.25, 0.3) is 0 Å². The van der Waals surface area contributed by atoms with E-state index in [1.807, 2.05) is 0 Å². The van der Waals surface area contributed by atoms with Crippen molar-refractivity contribution in [2.24, 2.45) is 0 Å². The Labute approximate surface area is 90.5 Å². The first-order valence-corrected chi connectivity index (χ1v) is 6.13. The Morgan fingerprint density at radius 3 is 1.86 bits per heavy atom. The Morgan fingerprint density at radius 2 is 1.43 bits per heavy atom. The van der Waals surface area contributed by atoms with E-state index in [-0.39, 0.29) is 0 Å². The quantitative estimate of drug-likeness (QED) is 0.438. The molecule has 0 unspecified atom stereocenters. The van der Waals surface area contributed by atoms with Crippen molar-refractivity contribution in [2.75, 3.05) is 47.3 Å². The molecule has 0 heterocycles. The summed E-state index contributed by atoms with van der Waals surface area (Å²) in [7, 11) is 6.82. The minimum Gasteiger partial charge on any atom is -0.335 e. The molecule has 14 heavy (non-hydrogen) atoms. The van der Waals surface area contributed by atoms with Gasteiger partial charge in [-0.2, -0.15) is 0 Å². The minimum absolute atomic E-state index is 1.11. The summed E-state index contributed by atoms with van der Waals surface area (Å²) in [6.07, 6.45) is 4.18. The van der Waals surface area contributed by atoms with Crippen LogP contribution in [0.2, 0.25) is 0 Å². The molecule has 0 spiro atoms. The SMILES string of the molecule is CC[NH+](CC)CCCCC[N+](C)(C)C. The fraction of sp³-hybridized carbons (Fsp3) is 1.00. The van der Waals surface area contributed by atoms with Gasteiger partial charge in [-0.15, -0.1) is 0 Å². The van der Waals surface area contributed by atoms with Crippen molar-refractivity contribution in [1.29, 1.82) is 0 Å². The van der Waals surface area contributed by atoms with Gasteiger partial charge in [-0.25, -0.2) is 0 Å². The zero-order chi connectivity index (χ0) is 11.0. The average Bonchev–Trinajstić information content (AvgIpc) is 2.09. The predicted molar refractivity (Wildman–Crippen MR) is 63.7 cm³/mol. The molecule has 0 aliphatic heterocycles. The van der Waals surface area contributed by atoms with Crippen LogP contribution in [0.4, 0.5) is 0 Å². The summed E-state index contributed by atoms with van der Waals surface area (Å²) < 4.78 is 1.11. The molecule has 2 nitrogen and oxygen atoms in total. The first-order valence-electron chi connectivity index (χ1n) is 6.13. The number of hydrogen-bond donors (Lipinski definition) is 1. The summed E-state index contributed by atoms with van der Waals surface area (Å²) in [5.74, 6) is 0. The molecular formula is C12H30N2+2. The number of unbranched alkanes of at least 4 members (excludes halogenated alkanes) is 2. The Kier molecular flexibility index (Phi) is 7.20. The van der Waals surface area contributed by atoms with Gasteiger partial charge >= 0.3 is 0 Å². The van der Waals surface area contributed by atoms with Crippen LogP contribution in [0.5, 0.6) is 0 Å². The molecule has 0 aromatic heterocycles. The molecule has 0 fully saturated rings. The molecule has 0 rings (SSSR count). The third kappa shape index (κ3) is 8.52. The van der Waals surface area contributed by atoms with Gasteiger partial charge in [-0.05, 0) is 33.1 Å². The molecule has 0 aliphatic carbocycles. The van der Waals surface area contributed by atoms with E-state index in [0.29, 0.717) is 0 Å². The first kappa shape index (κ1) is 13.9. The Balaban J connectivity index is 3.29. The highest BCUT2D eigenvalue weighted by molar-refractivity contribution is 4.39. The lowest BCUT2D eigenvalue weighted by atomic mass is 10.2. The molecule has 0 saturated heterocycles. The van der Waals surface area contributed by atoms with Crippen LogP contribution < -0.4 is 4.90 Å². The maximum atomic E-state index is 2.28. The zero-order valence-corrected chi connectivity index (χ0v) is 10.9. The summed E-state index contributed by atoms with van der Waals surface area (Å²) in [5.41, 5.74) is 0. The summed E-state index contributed by atoms with van der Waals surface area (Å²) in [6.45, 7) is 9.81. The molecule has 0 bridgehead atoms. The van der Waals surface area contributed by atoms with Gasteiger partial charge in [0.15, 0.2) is 0 Å². The molecular weight excluding hydrogens is 172 g/mol. The number of quaternary nitrogens is 2. The van der Waals surface area contributed by atoms with E-state index in [9.17, 15) is 0 Å². The molecule has 86 valence electrons. The van der Waals surface area contributed by atoms with E-state index >= 15 is 0 Å². The third-order valence-corrected chi connectivity index (χ3v) is 2.86. The van der Waals surface area contributed by atoms with Crippen LogP contribution in [0.3, 0.4) is 0 Å². The standard InChI is InChI=1S/C12H29N2/c1-6-13(7-2)11-9-8-10-12-14(3,4)5/h6-12H2,1-5H3/q+1/p+1. The van der Waals surface area contributed by atoms with Crippen LogP contribution in [-0.4, -0.2) is 51.8 Å². The molecule has 0 aliphatic rings. The second kappa shape index (κ2) is 7.24. The highest BCUT2D eigenvalue weighted by atomic mass is 15.3. The van der Waals surface area contributed by atoms with Gasteiger partial charge in [0.05, 0.1) is 47.3 Å². The van der Waals surface area contributed by atoms with Crippen LogP contribution in [0.1, 0.15) is 33.1 Å². The summed E-state index contributed by atoms with van der Waals surface area (Å²) >= 11 is 0. The normalized spacial score (nSPS) is 12.4. The van der Waals surface area contributed by atoms with Crippen molar-refractivity contribution in [3.8, 4) is 0 Å². The van der Waals surface area contributed by atoms with Gasteiger partial charge < -0.3 is 9.38 Å². The number of hydrogen-bond acceptors (Lipinski definition) is 0. The van der Waals surface area contributed by atoms with Crippen molar-refractivity contribution >= 4 is 0 Å². The molecule has 0 aromatic carbocycles. The van der Waals surface area contributed by atoms with E-state index in [1.165, 1.54) is 45.4 Å². The Hall–Kier alpha value is -0.0800. The Bertz CT molecular complexity index is 123. The maximum Gasteiger partial charge on any atom is 0.0780 e. The number of rotatable bonds is 8. The zero-order valence-electron chi connectivity index (χ0n) is 10.9. The van der Waals surface area contributed by atoms with Crippen molar-refractivity contribution in [3.05, 3.63) is 0 Å². The first-order chi connectivity index (χ1) is 6.49. The molecule has 2 heteroatoms. The van der Waals surface area contributed by atoms with E-state index in [1.54, 1.807) is 4.90 Å². The van der Waals surface area contributed by atoms with E-state index in [4.69, 9.17) is 0 Å². The van der Waals surface area contributed by atoms with Gasteiger partial charge in [-0.1, -0.05) is 0 Å². The average molecular weight is 202 g/mol. The van der Waals surface area contributed by atoms with Gasteiger partial charge in [0.2, 0.25) is 0 Å². The van der Waals surface area contributed by atoms with Crippen molar-refractivity contribution < 1.29 is 9.38 Å². The van der Waals surface area contributed by atoms with Crippen LogP contribution in [0.25, 0.3) is 0 Å². The topological polar surface area (TPSA) is 4.44 Å². The molecule has 1 N–H and O–H groups in total. The third-order valence-electron chi connectivity index (χ3n) is 2.86. The van der Waals surface area contributed by atoms with E-state index in [0.717, 1.165) is 4.48 Å². The van der Waals surface area contributed by atoms with Crippen molar-refractivity contribution in [2.45, 2.75) is 33.1 Å². The van der Waals surface area contributed by atoms with Gasteiger partial charge in [0, 0.05) is 0 Å². The van der Waals surface area contributed by atoms with Crippen molar-refractivity contribution in [1.82, 2.24) is 0 Å². The summed E-state index contributed by atoms with van der Waals surface area (Å²) in [5, 5.41) is 0. The Morgan fingerprint density at radius 1 is 0.857 bits per heavy atom. The highest BCUT2D eigenvalue weighted by Crippen LogP contribution is 1.99. The van der Waals surface area contributed by atoms with Gasteiger partial charge in [0.1, 0.15) is 0 Å². The second-order valence-electron chi connectivity index (χ2n) is 5.28. The molecule has 0 amide bonds. The summed E-state index contributed by atoms with van der Waals surface area (Å²) in [6, 6.07) is 0. The fourth-order valence-corrected chi connectivity index (χ4v) is 1.74. The highest BCUT2D eigenvalue weighted by Gasteiger charge is 2.06.